The molecule has 0 amide bonds. The molecule has 0 saturated carbocycles. The van der Waals surface area contributed by atoms with Gasteiger partial charge < -0.3 is 5.11 Å². The van der Waals surface area contributed by atoms with Crippen LogP contribution in [0.25, 0.3) is 0 Å². The van der Waals surface area contributed by atoms with Crippen molar-refractivity contribution in [2.45, 2.75) is 5.72 Å². The summed E-state index contributed by atoms with van der Waals surface area (Å²) < 4.78 is 0. The fourth-order valence-electron chi connectivity index (χ4n) is 1.25. The fourth-order valence-corrected chi connectivity index (χ4v) is 2.71. The highest BCUT2D eigenvalue weighted by Gasteiger charge is 2.32. The molecule has 1 atom stereocenters. The van der Waals surface area contributed by atoms with Gasteiger partial charge in [-0.25, -0.2) is 4.99 Å². The van der Waals surface area contributed by atoms with Crippen molar-refractivity contribution >= 4 is 40.0 Å². The summed E-state index contributed by atoms with van der Waals surface area (Å²) in [5.41, 5.74) is -0.147. The molecule has 0 bridgehead atoms. The van der Waals surface area contributed by atoms with E-state index in [4.69, 9.17) is 23.2 Å². The summed E-state index contributed by atoms with van der Waals surface area (Å²) in [6.07, 6.45) is 0. The van der Waals surface area contributed by atoms with Gasteiger partial charge in [0, 0.05) is 10.6 Å². The number of hydrogen-bond donors (Lipinski definition) is 1. The lowest BCUT2D eigenvalue weighted by atomic mass is 10.2. The summed E-state index contributed by atoms with van der Waals surface area (Å²) in [5, 5.41) is 11.3. The molecule has 0 aromatic heterocycles. The Bertz CT molecular complexity index is 393. The second kappa shape index (κ2) is 4.34. The Morgan fingerprint density at radius 2 is 2.07 bits per heavy atom. The zero-order valence-electron chi connectivity index (χ0n) is 7.78. The third-order valence-corrected chi connectivity index (χ3v) is 3.94. The van der Waals surface area contributed by atoms with Crippen LogP contribution in [-0.2, 0) is 0 Å². The van der Waals surface area contributed by atoms with E-state index in [1.807, 2.05) is 12.1 Å². The lowest BCUT2D eigenvalue weighted by Crippen LogP contribution is -2.28. The van der Waals surface area contributed by atoms with Gasteiger partial charge >= 0.3 is 0 Å². The summed E-state index contributed by atoms with van der Waals surface area (Å²) >= 11 is 12.9. The first-order valence-electron chi connectivity index (χ1n) is 4.40. The molecule has 5 heteroatoms. The van der Waals surface area contributed by atoms with Crippen LogP contribution >= 0.6 is 35.0 Å². The van der Waals surface area contributed by atoms with E-state index in [-0.39, 0.29) is 5.88 Å². The van der Waals surface area contributed by atoms with E-state index in [1.165, 1.54) is 11.8 Å². The van der Waals surface area contributed by atoms with Crippen LogP contribution in [0.4, 0.5) is 0 Å². The zero-order valence-corrected chi connectivity index (χ0v) is 10.1. The second-order valence-corrected chi connectivity index (χ2v) is 5.00. The first-order valence-corrected chi connectivity index (χ1v) is 6.30. The third kappa shape index (κ3) is 2.48. The van der Waals surface area contributed by atoms with Crippen molar-refractivity contribution in [2.75, 3.05) is 11.6 Å². The van der Waals surface area contributed by atoms with Gasteiger partial charge in [0.15, 0.2) is 5.72 Å². The van der Waals surface area contributed by atoms with Crippen molar-refractivity contribution in [3.63, 3.8) is 0 Å². The van der Waals surface area contributed by atoms with Crippen molar-refractivity contribution in [2.24, 2.45) is 4.99 Å². The van der Waals surface area contributed by atoms with E-state index < -0.39 is 5.72 Å². The van der Waals surface area contributed by atoms with Crippen LogP contribution in [0.1, 0.15) is 5.56 Å². The van der Waals surface area contributed by atoms with Gasteiger partial charge in [0.1, 0.15) is 5.04 Å². The Morgan fingerprint density at radius 3 is 2.60 bits per heavy atom. The molecular weight excluding hydrogens is 253 g/mol. The summed E-state index contributed by atoms with van der Waals surface area (Å²) in [6, 6.07) is 7.37. The number of alkyl halides is 1. The number of rotatable bonds is 2. The number of thioether (sulfide) groups is 1. The van der Waals surface area contributed by atoms with Crippen LogP contribution in [0.5, 0.6) is 0 Å². The highest BCUT2D eigenvalue weighted by atomic mass is 35.5. The van der Waals surface area contributed by atoms with Gasteiger partial charge in [-0.3, -0.25) is 0 Å². The van der Waals surface area contributed by atoms with E-state index in [1.54, 1.807) is 12.1 Å². The molecule has 1 heterocycles. The van der Waals surface area contributed by atoms with Gasteiger partial charge in [-0.1, -0.05) is 23.7 Å². The summed E-state index contributed by atoms with van der Waals surface area (Å²) in [5.74, 6) is 0.631. The quantitative estimate of drug-likeness (QED) is 0.831. The molecular formula is C10H9Cl2NOS. The Balaban J connectivity index is 2.26. The summed E-state index contributed by atoms with van der Waals surface area (Å²) in [4.78, 5) is 4.20. The van der Waals surface area contributed by atoms with E-state index in [0.717, 1.165) is 10.6 Å². The highest BCUT2D eigenvalue weighted by Crippen LogP contribution is 2.30. The van der Waals surface area contributed by atoms with Crippen LogP contribution in [-0.4, -0.2) is 27.5 Å². The molecule has 1 N–H and O–H groups in total. The smallest absolute Gasteiger partial charge is 0.180 e. The third-order valence-electron chi connectivity index (χ3n) is 2.05. The van der Waals surface area contributed by atoms with Crippen molar-refractivity contribution < 1.29 is 5.11 Å². The first kappa shape index (κ1) is 11.3. The maximum Gasteiger partial charge on any atom is 0.180 e. The van der Waals surface area contributed by atoms with E-state index in [0.29, 0.717) is 10.8 Å². The van der Waals surface area contributed by atoms with Crippen LogP contribution in [0, 0.1) is 0 Å². The predicted octanol–water partition coefficient (Wildman–Crippen LogP) is 2.76. The lowest BCUT2D eigenvalue weighted by Gasteiger charge is -2.12. The van der Waals surface area contributed by atoms with Gasteiger partial charge in [-0.05, 0) is 12.1 Å². The van der Waals surface area contributed by atoms with Gasteiger partial charge in [-0.2, -0.15) is 0 Å². The molecule has 0 radical (unpaired) electrons. The minimum atomic E-state index is -1.11. The summed E-state index contributed by atoms with van der Waals surface area (Å²) in [6.45, 7) is 0. The average molecular weight is 262 g/mol. The molecule has 0 fully saturated rings. The first-order chi connectivity index (χ1) is 7.13. The number of hydrogen-bond acceptors (Lipinski definition) is 3. The molecule has 0 spiro atoms. The molecule has 2 rings (SSSR count). The largest absolute Gasteiger partial charge is 0.367 e. The Morgan fingerprint density at radius 1 is 1.40 bits per heavy atom. The number of halogens is 2. The van der Waals surface area contributed by atoms with E-state index >= 15 is 0 Å². The van der Waals surface area contributed by atoms with Crippen molar-refractivity contribution in [3.8, 4) is 0 Å². The predicted molar refractivity (Wildman–Crippen MR) is 66.1 cm³/mol. The number of aliphatic hydroxyl groups is 1. The van der Waals surface area contributed by atoms with E-state index in [9.17, 15) is 5.11 Å². The minimum Gasteiger partial charge on any atom is -0.367 e. The topological polar surface area (TPSA) is 32.6 Å². The van der Waals surface area contributed by atoms with Crippen molar-refractivity contribution in [3.05, 3.63) is 34.9 Å². The molecule has 1 aromatic carbocycles. The summed E-state index contributed by atoms with van der Waals surface area (Å²) in [7, 11) is 0. The van der Waals surface area contributed by atoms with Gasteiger partial charge in [0.05, 0.1) is 11.6 Å². The van der Waals surface area contributed by atoms with Crippen molar-refractivity contribution in [1.82, 2.24) is 0 Å². The highest BCUT2D eigenvalue weighted by molar-refractivity contribution is 8.14. The van der Waals surface area contributed by atoms with Gasteiger partial charge in [-0.15, -0.1) is 23.4 Å². The average Bonchev–Trinajstić information content (AvgIpc) is 2.63. The molecule has 1 aromatic rings. The van der Waals surface area contributed by atoms with Crippen molar-refractivity contribution in [1.29, 1.82) is 0 Å². The molecule has 0 aliphatic carbocycles. The Kier molecular flexibility index (Phi) is 3.26. The standard InChI is InChI=1S/C10H9Cl2NOS/c11-5-10(14)6-15-9(13-10)7-1-3-8(12)4-2-7/h1-4,14H,5-6H2. The molecule has 80 valence electrons. The monoisotopic (exact) mass is 261 g/mol. The number of nitrogens with zero attached hydrogens (tertiary/aromatic N) is 1. The molecule has 1 aliphatic heterocycles. The molecule has 15 heavy (non-hydrogen) atoms. The number of benzene rings is 1. The lowest BCUT2D eigenvalue weighted by molar-refractivity contribution is 0.103. The molecule has 1 aliphatic rings. The van der Waals surface area contributed by atoms with Gasteiger partial charge in [0.2, 0.25) is 0 Å². The molecule has 1 unspecified atom stereocenters. The maximum absolute atomic E-state index is 9.82. The Labute approximate surface area is 102 Å². The van der Waals surface area contributed by atoms with Crippen LogP contribution in [0.3, 0.4) is 0 Å². The van der Waals surface area contributed by atoms with Crippen LogP contribution < -0.4 is 0 Å². The molecule has 0 saturated heterocycles. The Hall–Kier alpha value is -0.220. The zero-order chi connectivity index (χ0) is 10.9. The number of aliphatic imine (C=N–C) groups is 1. The maximum atomic E-state index is 9.82. The normalized spacial score (nSPS) is 25.4. The van der Waals surface area contributed by atoms with Crippen LogP contribution in [0.2, 0.25) is 5.02 Å². The van der Waals surface area contributed by atoms with Crippen LogP contribution in [0.15, 0.2) is 29.3 Å². The van der Waals surface area contributed by atoms with Gasteiger partial charge in [0.25, 0.3) is 0 Å². The minimum absolute atomic E-state index is 0.122. The molecule has 2 nitrogen and oxygen atoms in total. The van der Waals surface area contributed by atoms with E-state index in [2.05, 4.69) is 4.99 Å². The fraction of sp³-hybridized carbons (Fsp3) is 0.300. The SMILES string of the molecule is OC1(CCl)CSC(c2ccc(Cl)cc2)=N1. The second-order valence-electron chi connectivity index (χ2n) is 3.33.